The van der Waals surface area contributed by atoms with Crippen LogP contribution in [0, 0.1) is 5.82 Å². The number of hydrogen-bond acceptors (Lipinski definition) is 5. The van der Waals surface area contributed by atoms with Crippen LogP contribution in [0.5, 0.6) is 0 Å². The van der Waals surface area contributed by atoms with Gasteiger partial charge in [0.15, 0.2) is 0 Å². The van der Waals surface area contributed by atoms with E-state index < -0.39 is 0 Å². The zero-order valence-corrected chi connectivity index (χ0v) is 19.2. The molecule has 0 unspecified atom stereocenters. The zero-order chi connectivity index (χ0) is 23.9. The summed E-state index contributed by atoms with van der Waals surface area (Å²) in [4.78, 5) is 18.9. The van der Waals surface area contributed by atoms with E-state index in [9.17, 15) is 4.39 Å². The van der Waals surface area contributed by atoms with Crippen molar-refractivity contribution < 1.29 is 4.39 Å². The Hall–Kier alpha value is -4.43. The van der Waals surface area contributed by atoms with Crippen molar-refractivity contribution in [2.75, 3.05) is 14.1 Å². The van der Waals surface area contributed by atoms with Gasteiger partial charge in [0.05, 0.1) is 34.8 Å². The van der Waals surface area contributed by atoms with Crippen LogP contribution >= 0.6 is 0 Å². The van der Waals surface area contributed by atoms with Crippen LogP contribution in [0.1, 0.15) is 5.56 Å². The van der Waals surface area contributed by atoms with E-state index >= 15 is 0 Å². The second-order valence-corrected chi connectivity index (χ2v) is 8.82. The Balaban J connectivity index is 1.46. The maximum absolute atomic E-state index is 14.5. The number of H-pyrrole nitrogens is 2. The van der Waals surface area contributed by atoms with Gasteiger partial charge in [0.25, 0.3) is 0 Å². The molecule has 0 radical (unpaired) electrons. The van der Waals surface area contributed by atoms with Crippen molar-refractivity contribution in [2.45, 2.75) is 6.54 Å². The molecule has 0 aliphatic heterocycles. The summed E-state index contributed by atoms with van der Waals surface area (Å²) in [5.74, 6) is -0.282. The molecule has 1 aromatic carbocycles. The molecule has 0 spiro atoms. The molecule has 0 aliphatic carbocycles. The van der Waals surface area contributed by atoms with Crippen molar-refractivity contribution in [1.82, 2.24) is 35.0 Å². The second-order valence-electron chi connectivity index (χ2n) is 8.82. The van der Waals surface area contributed by atoms with E-state index in [1.807, 2.05) is 44.7 Å². The van der Waals surface area contributed by atoms with Crippen LogP contribution in [0.3, 0.4) is 0 Å². The molecule has 6 aromatic rings. The maximum Gasteiger partial charge on any atom is 0.131 e. The third kappa shape index (κ3) is 3.83. The highest BCUT2D eigenvalue weighted by Crippen LogP contribution is 2.35. The summed E-state index contributed by atoms with van der Waals surface area (Å²) >= 11 is 0. The highest BCUT2D eigenvalue weighted by atomic mass is 19.1. The Morgan fingerprint density at radius 1 is 0.857 bits per heavy atom. The van der Waals surface area contributed by atoms with E-state index in [2.05, 4.69) is 41.1 Å². The summed E-state index contributed by atoms with van der Waals surface area (Å²) in [6.45, 7) is 0.799. The van der Waals surface area contributed by atoms with Crippen LogP contribution < -0.4 is 0 Å². The second kappa shape index (κ2) is 8.41. The lowest BCUT2D eigenvalue weighted by Gasteiger charge is -2.10. The summed E-state index contributed by atoms with van der Waals surface area (Å²) < 4.78 is 14.5. The first kappa shape index (κ1) is 21.1. The molecule has 0 aliphatic rings. The standard InChI is InChI=1S/C27H22FN7/c1-35(2)15-16-7-17(11-29-10-16)23-9-20-26(14-31-23)33-34-27(20)24-8-19-21(12-30-13-25(19)32-24)18-5-3-4-6-22(18)28/h3-14,32H,15H2,1-2H3,(H,33,34). The van der Waals surface area contributed by atoms with Gasteiger partial charge in [-0.2, -0.15) is 5.10 Å². The van der Waals surface area contributed by atoms with E-state index in [0.29, 0.717) is 5.56 Å². The molecule has 0 atom stereocenters. The van der Waals surface area contributed by atoms with Gasteiger partial charge in [-0.25, -0.2) is 4.39 Å². The predicted molar refractivity (Wildman–Crippen MR) is 135 cm³/mol. The number of aromatic nitrogens is 6. The first-order chi connectivity index (χ1) is 17.1. The molecule has 0 fully saturated rings. The zero-order valence-electron chi connectivity index (χ0n) is 19.2. The third-order valence-electron chi connectivity index (χ3n) is 6.00. The monoisotopic (exact) mass is 463 g/mol. The van der Waals surface area contributed by atoms with Crippen LogP contribution in [0.15, 0.2) is 73.4 Å². The van der Waals surface area contributed by atoms with Crippen LogP contribution in [0.2, 0.25) is 0 Å². The van der Waals surface area contributed by atoms with Crippen molar-refractivity contribution in [3.8, 4) is 33.8 Å². The van der Waals surface area contributed by atoms with Gasteiger partial charge in [0, 0.05) is 52.6 Å². The Labute approximate surface area is 200 Å². The highest BCUT2D eigenvalue weighted by molar-refractivity contribution is 6.01. The van der Waals surface area contributed by atoms with Crippen LogP contribution in [-0.2, 0) is 6.54 Å². The lowest BCUT2D eigenvalue weighted by atomic mass is 10.0. The number of pyridine rings is 3. The number of aromatic amines is 2. The number of nitrogens with zero attached hydrogens (tertiary/aromatic N) is 5. The van der Waals surface area contributed by atoms with Crippen molar-refractivity contribution in [3.05, 3.63) is 84.8 Å². The Bertz CT molecular complexity index is 1680. The molecule has 5 aromatic heterocycles. The fraction of sp³-hybridized carbons (Fsp3) is 0.111. The number of rotatable bonds is 5. The minimum absolute atomic E-state index is 0.282. The van der Waals surface area contributed by atoms with E-state index in [1.165, 1.54) is 6.07 Å². The first-order valence-electron chi connectivity index (χ1n) is 11.2. The average molecular weight is 464 g/mol. The molecule has 35 heavy (non-hydrogen) atoms. The van der Waals surface area contributed by atoms with Gasteiger partial charge in [-0.15, -0.1) is 0 Å². The molecule has 6 rings (SSSR count). The minimum atomic E-state index is -0.282. The molecule has 7 nitrogen and oxygen atoms in total. The summed E-state index contributed by atoms with van der Waals surface area (Å²) in [6, 6.07) is 12.8. The SMILES string of the molecule is CN(C)Cc1cncc(-c2cc3c(-c4cc5c(-c6ccccc6F)cncc5[nH]4)n[nH]c3cn2)c1. The van der Waals surface area contributed by atoms with Crippen LogP contribution in [-0.4, -0.2) is 49.1 Å². The summed E-state index contributed by atoms with van der Waals surface area (Å²) in [6.07, 6.45) is 8.91. The number of nitrogens with one attached hydrogen (secondary N) is 2. The first-order valence-corrected chi connectivity index (χ1v) is 11.2. The van der Waals surface area contributed by atoms with E-state index in [4.69, 9.17) is 0 Å². The quantitative estimate of drug-likeness (QED) is 0.356. The molecular weight excluding hydrogens is 441 g/mol. The van der Waals surface area contributed by atoms with Gasteiger partial charge in [-0.1, -0.05) is 18.2 Å². The fourth-order valence-corrected chi connectivity index (χ4v) is 4.43. The van der Waals surface area contributed by atoms with Gasteiger partial charge >= 0.3 is 0 Å². The summed E-state index contributed by atoms with van der Waals surface area (Å²) in [5, 5.41) is 9.44. The molecule has 0 saturated heterocycles. The molecule has 2 N–H and O–H groups in total. The fourth-order valence-electron chi connectivity index (χ4n) is 4.43. The van der Waals surface area contributed by atoms with Crippen molar-refractivity contribution >= 4 is 21.8 Å². The van der Waals surface area contributed by atoms with Gasteiger partial charge < -0.3 is 9.88 Å². The van der Waals surface area contributed by atoms with E-state index in [0.717, 1.165) is 62.1 Å². The Morgan fingerprint density at radius 2 is 1.71 bits per heavy atom. The van der Waals surface area contributed by atoms with E-state index in [1.54, 1.807) is 30.7 Å². The van der Waals surface area contributed by atoms with E-state index in [-0.39, 0.29) is 5.82 Å². The predicted octanol–water partition coefficient (Wildman–Crippen LogP) is 5.43. The highest BCUT2D eigenvalue weighted by Gasteiger charge is 2.16. The molecule has 5 heterocycles. The third-order valence-corrected chi connectivity index (χ3v) is 6.00. The molecular formula is C27H22FN7. The number of halogens is 1. The van der Waals surface area contributed by atoms with Gasteiger partial charge in [-0.3, -0.25) is 20.1 Å². The van der Waals surface area contributed by atoms with Crippen molar-refractivity contribution in [3.63, 3.8) is 0 Å². The van der Waals surface area contributed by atoms with Crippen molar-refractivity contribution in [1.29, 1.82) is 0 Å². The molecule has 172 valence electrons. The molecule has 0 saturated carbocycles. The molecule has 8 heteroatoms. The average Bonchev–Trinajstić information content (AvgIpc) is 3.47. The number of fused-ring (bicyclic) bond motifs is 2. The largest absolute Gasteiger partial charge is 0.352 e. The lowest BCUT2D eigenvalue weighted by molar-refractivity contribution is 0.402. The normalized spacial score (nSPS) is 11.7. The van der Waals surface area contributed by atoms with Crippen molar-refractivity contribution in [2.24, 2.45) is 0 Å². The lowest BCUT2D eigenvalue weighted by Crippen LogP contribution is -2.10. The van der Waals surface area contributed by atoms with Gasteiger partial charge in [0.2, 0.25) is 0 Å². The van der Waals surface area contributed by atoms with Gasteiger partial charge in [-0.05, 0) is 43.9 Å². The Morgan fingerprint density at radius 3 is 2.57 bits per heavy atom. The van der Waals surface area contributed by atoms with Crippen LogP contribution in [0.25, 0.3) is 55.6 Å². The smallest absolute Gasteiger partial charge is 0.131 e. The summed E-state index contributed by atoms with van der Waals surface area (Å²) in [7, 11) is 4.06. The molecule has 0 bridgehead atoms. The topological polar surface area (TPSA) is 86.4 Å². The summed E-state index contributed by atoms with van der Waals surface area (Å²) in [5.41, 5.74) is 7.34. The maximum atomic E-state index is 14.5. The number of hydrogen-bond donors (Lipinski definition) is 2. The minimum Gasteiger partial charge on any atom is -0.352 e. The Kier molecular flexibility index (Phi) is 5.08. The number of benzene rings is 1. The molecule has 0 amide bonds. The van der Waals surface area contributed by atoms with Gasteiger partial charge in [0.1, 0.15) is 11.5 Å². The van der Waals surface area contributed by atoms with Crippen LogP contribution in [0.4, 0.5) is 4.39 Å².